The van der Waals surface area contributed by atoms with Gasteiger partial charge < -0.3 is 9.26 Å². The van der Waals surface area contributed by atoms with E-state index in [4.69, 9.17) is 9.26 Å². The molecule has 0 aliphatic heterocycles. The normalized spacial score (nSPS) is 10.6. The lowest BCUT2D eigenvalue weighted by Gasteiger charge is -2.02. The molecule has 2 aromatic heterocycles. The van der Waals surface area contributed by atoms with Crippen LogP contribution in [0.4, 0.5) is 0 Å². The Morgan fingerprint density at radius 2 is 2.05 bits per heavy atom. The maximum Gasteiger partial charge on any atom is 0.264 e. The number of aromatic nitrogens is 2. The average molecular weight is 337 g/mol. The van der Waals surface area contributed by atoms with Gasteiger partial charge in [0.2, 0.25) is 5.82 Å². The molecule has 0 aliphatic rings. The Kier molecular flexibility index (Phi) is 3.61. The van der Waals surface area contributed by atoms with Crippen LogP contribution in [-0.2, 0) is 6.61 Å². The molecule has 0 unspecified atom stereocenters. The Hall–Kier alpha value is -1.66. The highest BCUT2D eigenvalue weighted by Crippen LogP contribution is 2.20. The monoisotopic (exact) mass is 336 g/mol. The Balaban J connectivity index is 1.66. The zero-order valence-corrected chi connectivity index (χ0v) is 12.1. The molecule has 0 radical (unpaired) electrons. The van der Waals surface area contributed by atoms with Crippen LogP contribution >= 0.6 is 27.3 Å². The summed E-state index contributed by atoms with van der Waals surface area (Å²) in [7, 11) is 0. The fraction of sp³-hybridized carbons (Fsp3) is 0.0769. The number of hydrogen-bond acceptors (Lipinski definition) is 5. The number of hydrogen-bond donors (Lipinski definition) is 0. The van der Waals surface area contributed by atoms with Crippen LogP contribution in [0.15, 0.2) is 50.1 Å². The number of nitrogens with zero attached hydrogens (tertiary/aromatic N) is 2. The second-order valence-corrected chi connectivity index (χ2v) is 5.46. The van der Waals surface area contributed by atoms with E-state index in [0.717, 1.165) is 15.8 Å². The van der Waals surface area contributed by atoms with E-state index in [1.807, 2.05) is 41.1 Å². The Morgan fingerprint density at radius 3 is 2.79 bits per heavy atom. The molecule has 0 bridgehead atoms. The van der Waals surface area contributed by atoms with E-state index in [2.05, 4.69) is 26.1 Å². The van der Waals surface area contributed by atoms with Gasteiger partial charge in [-0.3, -0.25) is 0 Å². The lowest BCUT2D eigenvalue weighted by molar-refractivity contribution is 0.243. The minimum atomic E-state index is 0.263. The quantitative estimate of drug-likeness (QED) is 0.718. The number of ether oxygens (including phenoxy) is 1. The number of benzene rings is 1. The van der Waals surface area contributed by atoms with Crippen molar-refractivity contribution >= 4 is 27.3 Å². The summed E-state index contributed by atoms with van der Waals surface area (Å²) in [4.78, 5) is 4.28. The molecule has 96 valence electrons. The van der Waals surface area contributed by atoms with Crippen LogP contribution in [0.25, 0.3) is 11.4 Å². The zero-order chi connectivity index (χ0) is 13.1. The van der Waals surface area contributed by atoms with Gasteiger partial charge in [-0.1, -0.05) is 21.1 Å². The summed E-state index contributed by atoms with van der Waals surface area (Å²) >= 11 is 4.97. The molecule has 0 spiro atoms. The van der Waals surface area contributed by atoms with Crippen LogP contribution < -0.4 is 4.74 Å². The van der Waals surface area contributed by atoms with Gasteiger partial charge in [-0.2, -0.15) is 16.3 Å². The zero-order valence-electron chi connectivity index (χ0n) is 9.75. The fourth-order valence-electron chi connectivity index (χ4n) is 1.50. The molecule has 0 amide bonds. The topological polar surface area (TPSA) is 48.2 Å². The highest BCUT2D eigenvalue weighted by Gasteiger charge is 2.09. The predicted octanol–water partition coefficient (Wildman–Crippen LogP) is 4.14. The number of rotatable bonds is 4. The third-order valence-corrected chi connectivity index (χ3v) is 3.64. The third-order valence-electron chi connectivity index (χ3n) is 2.42. The molecule has 3 aromatic rings. The molecule has 19 heavy (non-hydrogen) atoms. The molecule has 3 rings (SSSR count). The van der Waals surface area contributed by atoms with Crippen molar-refractivity contribution in [3.8, 4) is 17.1 Å². The van der Waals surface area contributed by atoms with Gasteiger partial charge in [-0.05, 0) is 35.7 Å². The molecule has 0 atom stereocenters. The highest BCUT2D eigenvalue weighted by atomic mass is 79.9. The van der Waals surface area contributed by atoms with Gasteiger partial charge in [-0.15, -0.1) is 0 Å². The summed E-state index contributed by atoms with van der Waals surface area (Å²) in [5.74, 6) is 1.82. The van der Waals surface area contributed by atoms with Crippen molar-refractivity contribution in [2.24, 2.45) is 0 Å². The SMILES string of the molecule is Brc1ccc(OCc2nc(-c3ccsc3)no2)cc1. The molecule has 0 saturated carbocycles. The van der Waals surface area contributed by atoms with Gasteiger partial charge in [0.15, 0.2) is 6.61 Å². The molecular formula is C13H9BrN2O2S. The van der Waals surface area contributed by atoms with Crippen molar-refractivity contribution in [1.29, 1.82) is 0 Å². The largest absolute Gasteiger partial charge is 0.484 e. The molecule has 0 fully saturated rings. The minimum Gasteiger partial charge on any atom is -0.484 e. The summed E-state index contributed by atoms with van der Waals surface area (Å²) in [6.07, 6.45) is 0. The van der Waals surface area contributed by atoms with Gasteiger partial charge in [-0.25, -0.2) is 0 Å². The smallest absolute Gasteiger partial charge is 0.264 e. The Labute approximate surface area is 122 Å². The van der Waals surface area contributed by atoms with Gasteiger partial charge >= 0.3 is 0 Å². The number of thiophene rings is 1. The summed E-state index contributed by atoms with van der Waals surface area (Å²) in [5, 5.41) is 7.87. The minimum absolute atomic E-state index is 0.263. The van der Waals surface area contributed by atoms with Crippen LogP contribution in [0, 0.1) is 0 Å². The second kappa shape index (κ2) is 5.54. The van der Waals surface area contributed by atoms with Crippen molar-refractivity contribution in [1.82, 2.24) is 10.1 Å². The van der Waals surface area contributed by atoms with E-state index < -0.39 is 0 Å². The summed E-state index contributed by atoms with van der Waals surface area (Å²) in [6, 6.07) is 9.54. The van der Waals surface area contributed by atoms with Crippen LogP contribution in [0.2, 0.25) is 0 Å². The van der Waals surface area contributed by atoms with E-state index in [-0.39, 0.29) is 6.61 Å². The molecule has 0 aliphatic carbocycles. The first-order valence-electron chi connectivity index (χ1n) is 5.55. The maximum absolute atomic E-state index is 5.56. The summed E-state index contributed by atoms with van der Waals surface area (Å²) in [6.45, 7) is 0.263. The van der Waals surface area contributed by atoms with Gasteiger partial charge in [0.05, 0.1) is 0 Å². The first-order valence-corrected chi connectivity index (χ1v) is 7.28. The van der Waals surface area contributed by atoms with Gasteiger partial charge in [0, 0.05) is 15.4 Å². The third kappa shape index (κ3) is 3.02. The van der Waals surface area contributed by atoms with E-state index in [0.29, 0.717) is 11.7 Å². The lowest BCUT2D eigenvalue weighted by atomic mass is 10.3. The van der Waals surface area contributed by atoms with Crippen LogP contribution in [0.5, 0.6) is 5.75 Å². The van der Waals surface area contributed by atoms with Crippen molar-refractivity contribution in [2.45, 2.75) is 6.61 Å². The number of halogens is 1. The molecule has 4 nitrogen and oxygen atoms in total. The molecule has 2 heterocycles. The first-order chi connectivity index (χ1) is 9.31. The fourth-order valence-corrected chi connectivity index (χ4v) is 2.40. The van der Waals surface area contributed by atoms with E-state index in [1.165, 1.54) is 0 Å². The molecule has 0 N–H and O–H groups in total. The van der Waals surface area contributed by atoms with Gasteiger partial charge in [0.1, 0.15) is 5.75 Å². The maximum atomic E-state index is 5.56. The van der Waals surface area contributed by atoms with E-state index in [9.17, 15) is 0 Å². The molecule has 0 saturated heterocycles. The molecule has 1 aromatic carbocycles. The van der Waals surface area contributed by atoms with Gasteiger partial charge in [0.25, 0.3) is 5.89 Å². The molecule has 6 heteroatoms. The van der Waals surface area contributed by atoms with E-state index in [1.54, 1.807) is 11.3 Å². The predicted molar refractivity (Wildman–Crippen MR) is 76.1 cm³/mol. The lowest BCUT2D eigenvalue weighted by Crippen LogP contribution is -1.95. The van der Waals surface area contributed by atoms with E-state index >= 15 is 0 Å². The van der Waals surface area contributed by atoms with Crippen LogP contribution in [-0.4, -0.2) is 10.1 Å². The molecular weight excluding hydrogens is 328 g/mol. The summed E-state index contributed by atoms with van der Waals surface area (Å²) < 4.78 is 11.7. The van der Waals surface area contributed by atoms with Crippen molar-refractivity contribution in [2.75, 3.05) is 0 Å². The summed E-state index contributed by atoms with van der Waals surface area (Å²) in [5.41, 5.74) is 0.962. The van der Waals surface area contributed by atoms with Crippen LogP contribution in [0.1, 0.15) is 5.89 Å². The first kappa shape index (κ1) is 12.4. The second-order valence-electron chi connectivity index (χ2n) is 3.77. The van der Waals surface area contributed by atoms with Crippen molar-refractivity contribution < 1.29 is 9.26 Å². The van der Waals surface area contributed by atoms with Crippen molar-refractivity contribution in [3.05, 3.63) is 51.5 Å². The Bertz CT molecular complexity index is 650. The average Bonchev–Trinajstić information content (AvgIpc) is 3.09. The van der Waals surface area contributed by atoms with Crippen molar-refractivity contribution in [3.63, 3.8) is 0 Å². The standard InChI is InChI=1S/C13H9BrN2O2S/c14-10-1-3-11(4-2-10)17-7-12-15-13(16-18-12)9-5-6-19-8-9/h1-6,8H,7H2. The Morgan fingerprint density at radius 1 is 1.21 bits per heavy atom. The highest BCUT2D eigenvalue weighted by molar-refractivity contribution is 9.10. The van der Waals surface area contributed by atoms with Crippen LogP contribution in [0.3, 0.4) is 0 Å².